The van der Waals surface area contributed by atoms with Crippen molar-refractivity contribution in [3.63, 3.8) is 0 Å². The number of aryl methyl sites for hydroxylation is 2. The molecular formula is C15H17IOS. The third-order valence-corrected chi connectivity index (χ3v) is 5.02. The molecule has 1 atom stereocenters. The molecule has 2 rings (SSSR count). The fraction of sp³-hybridized carbons (Fsp3) is 0.333. The predicted molar refractivity (Wildman–Crippen MR) is 86.3 cm³/mol. The fourth-order valence-corrected chi connectivity index (χ4v) is 3.54. The smallest absolute Gasteiger partial charge is 0.105 e. The van der Waals surface area contributed by atoms with E-state index in [9.17, 15) is 5.11 Å². The number of hydrogen-bond acceptors (Lipinski definition) is 2. The van der Waals surface area contributed by atoms with E-state index in [0.717, 1.165) is 24.0 Å². The van der Waals surface area contributed by atoms with Gasteiger partial charge in [0.2, 0.25) is 0 Å². The normalized spacial score (nSPS) is 12.7. The van der Waals surface area contributed by atoms with E-state index < -0.39 is 6.10 Å². The van der Waals surface area contributed by atoms with Crippen LogP contribution in [0.1, 0.15) is 42.2 Å². The quantitative estimate of drug-likeness (QED) is 0.781. The zero-order chi connectivity index (χ0) is 13.1. The molecule has 1 aromatic carbocycles. The number of hydrogen-bond donors (Lipinski definition) is 1. The molecule has 1 unspecified atom stereocenters. The fourth-order valence-electron chi connectivity index (χ4n) is 2.15. The lowest BCUT2D eigenvalue weighted by Crippen LogP contribution is -2.01. The van der Waals surface area contributed by atoms with Crippen LogP contribution < -0.4 is 0 Å². The lowest BCUT2D eigenvalue weighted by Gasteiger charge is -2.13. The zero-order valence-corrected chi connectivity index (χ0v) is 13.6. The first-order valence-corrected chi connectivity index (χ1v) is 8.15. The average molecular weight is 372 g/mol. The standard InChI is InChI=1S/C15H17IOS/c1-3-10-5-6-12(7-11(10)4-2)15(17)13-8-14(16)18-9-13/h5-9,15,17H,3-4H2,1-2H3. The Balaban J connectivity index is 2.33. The Bertz CT molecular complexity index is 533. The number of halogens is 1. The first kappa shape index (κ1) is 14.0. The monoisotopic (exact) mass is 372 g/mol. The summed E-state index contributed by atoms with van der Waals surface area (Å²) in [6.07, 6.45) is 1.57. The van der Waals surface area contributed by atoms with E-state index >= 15 is 0 Å². The Kier molecular flexibility index (Phi) is 4.81. The summed E-state index contributed by atoms with van der Waals surface area (Å²) in [6.45, 7) is 4.34. The topological polar surface area (TPSA) is 20.2 Å². The van der Waals surface area contributed by atoms with Gasteiger partial charge in [-0.1, -0.05) is 32.0 Å². The van der Waals surface area contributed by atoms with Crippen LogP contribution in [0.25, 0.3) is 0 Å². The van der Waals surface area contributed by atoms with Gasteiger partial charge in [0.1, 0.15) is 6.10 Å². The van der Waals surface area contributed by atoms with Crippen LogP contribution in [0.15, 0.2) is 29.6 Å². The zero-order valence-electron chi connectivity index (χ0n) is 10.6. The molecule has 0 amide bonds. The molecule has 1 aromatic heterocycles. The summed E-state index contributed by atoms with van der Waals surface area (Å²) in [6, 6.07) is 8.39. The molecule has 0 saturated carbocycles. The minimum Gasteiger partial charge on any atom is -0.384 e. The van der Waals surface area contributed by atoms with Crippen molar-refractivity contribution in [3.8, 4) is 0 Å². The van der Waals surface area contributed by atoms with Gasteiger partial charge in [-0.2, -0.15) is 0 Å². The first-order chi connectivity index (χ1) is 8.65. The molecule has 1 nitrogen and oxygen atoms in total. The van der Waals surface area contributed by atoms with E-state index in [1.54, 1.807) is 11.3 Å². The minimum atomic E-state index is -0.499. The first-order valence-electron chi connectivity index (χ1n) is 6.19. The lowest BCUT2D eigenvalue weighted by atomic mass is 9.96. The van der Waals surface area contributed by atoms with Gasteiger partial charge in [0.15, 0.2) is 0 Å². The van der Waals surface area contributed by atoms with Gasteiger partial charge < -0.3 is 5.11 Å². The largest absolute Gasteiger partial charge is 0.384 e. The Labute approximate surface area is 126 Å². The number of benzene rings is 1. The highest BCUT2D eigenvalue weighted by Gasteiger charge is 2.13. The SMILES string of the molecule is CCc1ccc(C(O)c2csc(I)c2)cc1CC. The molecule has 0 bridgehead atoms. The van der Waals surface area contributed by atoms with Crippen molar-refractivity contribution >= 4 is 33.9 Å². The van der Waals surface area contributed by atoms with Gasteiger partial charge in [0.05, 0.1) is 2.88 Å². The summed E-state index contributed by atoms with van der Waals surface area (Å²) in [5, 5.41) is 12.4. The van der Waals surface area contributed by atoms with E-state index in [4.69, 9.17) is 0 Å². The third-order valence-electron chi connectivity index (χ3n) is 3.21. The maximum absolute atomic E-state index is 10.4. The third kappa shape index (κ3) is 2.95. The molecule has 18 heavy (non-hydrogen) atoms. The van der Waals surface area contributed by atoms with E-state index in [-0.39, 0.29) is 0 Å². The minimum absolute atomic E-state index is 0.499. The Morgan fingerprint density at radius 2 is 1.83 bits per heavy atom. The van der Waals surface area contributed by atoms with Gasteiger partial charge in [0, 0.05) is 0 Å². The van der Waals surface area contributed by atoms with Gasteiger partial charge in [-0.15, -0.1) is 11.3 Å². The molecule has 0 saturated heterocycles. The Morgan fingerprint density at radius 3 is 2.39 bits per heavy atom. The van der Waals surface area contributed by atoms with Crippen LogP contribution in [-0.4, -0.2) is 5.11 Å². The molecular weight excluding hydrogens is 355 g/mol. The van der Waals surface area contributed by atoms with Crippen molar-refractivity contribution < 1.29 is 5.11 Å². The van der Waals surface area contributed by atoms with E-state index in [0.29, 0.717) is 0 Å². The van der Waals surface area contributed by atoms with Crippen LogP contribution in [0.4, 0.5) is 0 Å². The molecule has 0 aliphatic rings. The highest BCUT2D eigenvalue weighted by atomic mass is 127. The van der Waals surface area contributed by atoms with Crippen molar-refractivity contribution in [2.45, 2.75) is 32.8 Å². The van der Waals surface area contributed by atoms with Crippen molar-refractivity contribution in [2.75, 3.05) is 0 Å². The highest BCUT2D eigenvalue weighted by molar-refractivity contribution is 14.1. The van der Waals surface area contributed by atoms with Gasteiger partial charge in [0.25, 0.3) is 0 Å². The maximum atomic E-state index is 10.4. The molecule has 0 aliphatic carbocycles. The second kappa shape index (κ2) is 6.17. The summed E-state index contributed by atoms with van der Waals surface area (Å²) in [7, 11) is 0. The van der Waals surface area contributed by atoms with Crippen LogP contribution in [0.2, 0.25) is 0 Å². The van der Waals surface area contributed by atoms with Crippen LogP contribution in [-0.2, 0) is 12.8 Å². The van der Waals surface area contributed by atoms with Gasteiger partial charge >= 0.3 is 0 Å². The van der Waals surface area contributed by atoms with Gasteiger partial charge in [-0.25, -0.2) is 0 Å². The predicted octanol–water partition coefficient (Wildman–Crippen LogP) is 4.56. The highest BCUT2D eigenvalue weighted by Crippen LogP contribution is 2.28. The second-order valence-electron chi connectivity index (χ2n) is 4.32. The number of rotatable bonds is 4. The number of aliphatic hydroxyl groups is 1. The van der Waals surface area contributed by atoms with Crippen molar-refractivity contribution in [1.82, 2.24) is 0 Å². The van der Waals surface area contributed by atoms with E-state index in [1.807, 2.05) is 11.4 Å². The Morgan fingerprint density at radius 1 is 1.11 bits per heavy atom. The van der Waals surface area contributed by atoms with Crippen molar-refractivity contribution in [2.24, 2.45) is 0 Å². The molecule has 0 aliphatic heterocycles. The molecule has 0 spiro atoms. The summed E-state index contributed by atoms with van der Waals surface area (Å²) < 4.78 is 1.21. The number of thiophene rings is 1. The van der Waals surface area contributed by atoms with Crippen LogP contribution >= 0.6 is 33.9 Å². The summed E-state index contributed by atoms with van der Waals surface area (Å²) in [5.74, 6) is 0. The van der Waals surface area contributed by atoms with Crippen molar-refractivity contribution in [1.29, 1.82) is 0 Å². The summed E-state index contributed by atoms with van der Waals surface area (Å²) >= 11 is 3.96. The lowest BCUT2D eigenvalue weighted by molar-refractivity contribution is 0.220. The summed E-state index contributed by atoms with van der Waals surface area (Å²) in [4.78, 5) is 0. The van der Waals surface area contributed by atoms with Crippen LogP contribution in [0, 0.1) is 2.88 Å². The van der Waals surface area contributed by atoms with Crippen LogP contribution in [0.3, 0.4) is 0 Å². The molecule has 1 N–H and O–H groups in total. The summed E-state index contributed by atoms with van der Waals surface area (Å²) in [5.41, 5.74) is 4.72. The Hall–Kier alpha value is -0.390. The number of aliphatic hydroxyl groups excluding tert-OH is 1. The molecule has 0 fully saturated rings. The molecule has 3 heteroatoms. The van der Waals surface area contributed by atoms with E-state index in [1.165, 1.54) is 14.0 Å². The molecule has 96 valence electrons. The second-order valence-corrected chi connectivity index (χ2v) is 7.13. The van der Waals surface area contributed by atoms with Gasteiger partial charge in [-0.3, -0.25) is 0 Å². The molecule has 2 aromatic rings. The maximum Gasteiger partial charge on any atom is 0.105 e. The van der Waals surface area contributed by atoms with E-state index in [2.05, 4.69) is 54.6 Å². The van der Waals surface area contributed by atoms with Gasteiger partial charge in [-0.05, 0) is 69.1 Å². The van der Waals surface area contributed by atoms with Crippen LogP contribution in [0.5, 0.6) is 0 Å². The molecule has 1 heterocycles. The molecule has 0 radical (unpaired) electrons. The van der Waals surface area contributed by atoms with Crippen molar-refractivity contribution in [3.05, 3.63) is 54.8 Å². The average Bonchev–Trinajstić information content (AvgIpc) is 2.83.